The zero-order valence-electron chi connectivity index (χ0n) is 9.89. The minimum Gasteiger partial charge on any atom is -0.395 e. The highest BCUT2D eigenvalue weighted by atomic mass is 32.1. The molecule has 4 nitrogen and oxygen atoms in total. The first-order chi connectivity index (χ1) is 8.28. The Morgan fingerprint density at radius 3 is 2.94 bits per heavy atom. The fourth-order valence-electron chi connectivity index (χ4n) is 1.77. The molecule has 2 aromatic rings. The number of H-pyrrole nitrogens is 1. The number of imidazole rings is 1. The predicted octanol–water partition coefficient (Wildman–Crippen LogP) is 1.77. The third-order valence-corrected chi connectivity index (χ3v) is 3.39. The normalized spacial score (nSPS) is 11.2. The monoisotopic (exact) mass is 251 g/mol. The van der Waals surface area contributed by atoms with Crippen molar-refractivity contribution in [3.8, 4) is 0 Å². The van der Waals surface area contributed by atoms with Crippen LogP contribution in [0.25, 0.3) is 0 Å². The summed E-state index contributed by atoms with van der Waals surface area (Å²) in [5, 5.41) is 11.2. The lowest BCUT2D eigenvalue weighted by Gasteiger charge is -2.19. The number of nitrogens with one attached hydrogen (secondary N) is 1. The van der Waals surface area contributed by atoms with Crippen LogP contribution in [0.5, 0.6) is 0 Å². The van der Waals surface area contributed by atoms with Crippen LogP contribution in [0.4, 0.5) is 0 Å². The van der Waals surface area contributed by atoms with E-state index in [1.54, 1.807) is 11.3 Å². The summed E-state index contributed by atoms with van der Waals surface area (Å²) in [6.45, 7) is 4.46. The molecule has 0 saturated heterocycles. The number of thiophene rings is 1. The molecule has 0 aliphatic carbocycles. The molecule has 0 radical (unpaired) electrons. The van der Waals surface area contributed by atoms with E-state index in [-0.39, 0.29) is 6.61 Å². The van der Waals surface area contributed by atoms with Gasteiger partial charge in [0.05, 0.1) is 6.61 Å². The van der Waals surface area contributed by atoms with E-state index in [1.807, 2.05) is 13.1 Å². The number of aryl methyl sites for hydroxylation is 1. The van der Waals surface area contributed by atoms with E-state index >= 15 is 0 Å². The summed E-state index contributed by atoms with van der Waals surface area (Å²) in [4.78, 5) is 10.9. The summed E-state index contributed by atoms with van der Waals surface area (Å²) in [6, 6.07) is 4.17. The van der Waals surface area contributed by atoms with Crippen LogP contribution in [-0.2, 0) is 13.1 Å². The molecule has 2 rings (SSSR count). The van der Waals surface area contributed by atoms with Gasteiger partial charge in [0.15, 0.2) is 0 Å². The minimum atomic E-state index is 0.179. The Morgan fingerprint density at radius 1 is 1.47 bits per heavy atom. The van der Waals surface area contributed by atoms with Gasteiger partial charge in [0, 0.05) is 36.4 Å². The Bertz CT molecular complexity index is 438. The molecule has 0 fully saturated rings. The number of hydrogen-bond acceptors (Lipinski definition) is 4. The first-order valence-electron chi connectivity index (χ1n) is 5.64. The quantitative estimate of drug-likeness (QED) is 0.822. The van der Waals surface area contributed by atoms with Crippen LogP contribution < -0.4 is 0 Å². The molecule has 0 atom stereocenters. The van der Waals surface area contributed by atoms with Crippen LogP contribution >= 0.6 is 11.3 Å². The summed E-state index contributed by atoms with van der Waals surface area (Å²) in [5.41, 5.74) is 1.09. The number of aliphatic hydroxyl groups is 1. The molecule has 92 valence electrons. The van der Waals surface area contributed by atoms with Gasteiger partial charge in [-0.2, -0.15) is 0 Å². The molecule has 0 aliphatic heterocycles. The summed E-state index contributed by atoms with van der Waals surface area (Å²) in [6.07, 6.45) is 1.86. The van der Waals surface area contributed by atoms with E-state index < -0.39 is 0 Å². The van der Waals surface area contributed by atoms with Gasteiger partial charge in [-0.1, -0.05) is 6.07 Å². The molecule has 2 aromatic heterocycles. The van der Waals surface area contributed by atoms with E-state index in [9.17, 15) is 0 Å². The molecule has 0 saturated carbocycles. The Morgan fingerprint density at radius 2 is 2.35 bits per heavy atom. The van der Waals surface area contributed by atoms with Crippen LogP contribution in [0.1, 0.15) is 16.4 Å². The topological polar surface area (TPSA) is 52.1 Å². The fourth-order valence-corrected chi connectivity index (χ4v) is 2.52. The fraction of sp³-hybridized carbons (Fsp3) is 0.417. The summed E-state index contributed by atoms with van der Waals surface area (Å²) in [5.74, 6) is 0.931. The first kappa shape index (κ1) is 12.3. The van der Waals surface area contributed by atoms with Crippen molar-refractivity contribution in [2.45, 2.75) is 20.0 Å². The van der Waals surface area contributed by atoms with E-state index in [0.29, 0.717) is 6.54 Å². The molecule has 0 amide bonds. The van der Waals surface area contributed by atoms with Gasteiger partial charge >= 0.3 is 0 Å². The van der Waals surface area contributed by atoms with Gasteiger partial charge in [-0.3, -0.25) is 4.90 Å². The molecule has 0 aromatic carbocycles. The maximum absolute atomic E-state index is 9.08. The van der Waals surface area contributed by atoms with Crippen LogP contribution in [0.3, 0.4) is 0 Å². The number of rotatable bonds is 6. The van der Waals surface area contributed by atoms with Crippen molar-refractivity contribution < 1.29 is 5.11 Å². The van der Waals surface area contributed by atoms with Crippen molar-refractivity contribution in [3.63, 3.8) is 0 Å². The Hall–Kier alpha value is -1.17. The van der Waals surface area contributed by atoms with E-state index in [1.165, 1.54) is 4.88 Å². The lowest BCUT2D eigenvalue weighted by atomic mass is 10.3. The molecule has 0 unspecified atom stereocenters. The molecular weight excluding hydrogens is 234 g/mol. The second-order valence-electron chi connectivity index (χ2n) is 4.01. The van der Waals surface area contributed by atoms with Gasteiger partial charge in [0.2, 0.25) is 0 Å². The smallest absolute Gasteiger partial charge is 0.103 e. The summed E-state index contributed by atoms with van der Waals surface area (Å²) in [7, 11) is 0. The lowest BCUT2D eigenvalue weighted by molar-refractivity contribution is 0.184. The average Bonchev–Trinajstić information content (AvgIpc) is 2.91. The molecular formula is C12H17N3OS. The second kappa shape index (κ2) is 5.95. The highest BCUT2D eigenvalue weighted by molar-refractivity contribution is 7.09. The largest absolute Gasteiger partial charge is 0.395 e. The number of nitrogens with zero attached hydrogens (tertiary/aromatic N) is 2. The SMILES string of the molecule is Cc1ncc(CN(CCO)Cc2cccs2)[nH]1. The van der Waals surface area contributed by atoms with E-state index in [0.717, 1.165) is 24.6 Å². The zero-order valence-corrected chi connectivity index (χ0v) is 10.7. The van der Waals surface area contributed by atoms with E-state index in [2.05, 4.69) is 32.4 Å². The number of aromatic amines is 1. The van der Waals surface area contributed by atoms with Crippen LogP contribution in [0, 0.1) is 6.92 Å². The number of hydrogen-bond donors (Lipinski definition) is 2. The first-order valence-corrected chi connectivity index (χ1v) is 6.52. The Labute approximate surface area is 105 Å². The average molecular weight is 251 g/mol. The van der Waals surface area contributed by atoms with Gasteiger partial charge in [0.1, 0.15) is 5.82 Å². The van der Waals surface area contributed by atoms with Crippen molar-refractivity contribution in [3.05, 3.63) is 40.1 Å². The predicted molar refractivity (Wildman–Crippen MR) is 68.8 cm³/mol. The van der Waals surface area contributed by atoms with Crippen LogP contribution in [0.15, 0.2) is 23.7 Å². The summed E-state index contributed by atoms with van der Waals surface area (Å²) < 4.78 is 0. The highest BCUT2D eigenvalue weighted by Gasteiger charge is 2.08. The molecule has 5 heteroatoms. The molecule has 0 aliphatic rings. The van der Waals surface area contributed by atoms with Crippen LogP contribution in [-0.4, -0.2) is 33.1 Å². The maximum atomic E-state index is 9.08. The van der Waals surface area contributed by atoms with Crippen LogP contribution in [0.2, 0.25) is 0 Å². The maximum Gasteiger partial charge on any atom is 0.103 e. The van der Waals surface area contributed by atoms with Gasteiger partial charge in [-0.25, -0.2) is 4.98 Å². The van der Waals surface area contributed by atoms with Gasteiger partial charge in [-0.05, 0) is 18.4 Å². The number of aliphatic hydroxyl groups excluding tert-OH is 1. The van der Waals surface area contributed by atoms with Gasteiger partial charge in [0.25, 0.3) is 0 Å². The van der Waals surface area contributed by atoms with Crippen molar-refractivity contribution >= 4 is 11.3 Å². The second-order valence-corrected chi connectivity index (χ2v) is 5.04. The summed E-state index contributed by atoms with van der Waals surface area (Å²) >= 11 is 1.74. The third-order valence-electron chi connectivity index (χ3n) is 2.53. The standard InChI is InChI=1S/C12H17N3OS/c1-10-13-7-11(14-10)8-15(4-5-16)9-12-3-2-6-17-12/h2-3,6-7,16H,4-5,8-9H2,1H3,(H,13,14). The Balaban J connectivity index is 1.97. The van der Waals surface area contributed by atoms with Crippen molar-refractivity contribution in [1.82, 2.24) is 14.9 Å². The van der Waals surface area contributed by atoms with Crippen molar-refractivity contribution in [2.24, 2.45) is 0 Å². The Kier molecular flexibility index (Phi) is 4.30. The van der Waals surface area contributed by atoms with Crippen molar-refractivity contribution in [2.75, 3.05) is 13.2 Å². The molecule has 2 N–H and O–H groups in total. The minimum absolute atomic E-state index is 0.179. The molecule has 0 bridgehead atoms. The molecule has 2 heterocycles. The third kappa shape index (κ3) is 3.66. The van der Waals surface area contributed by atoms with Gasteiger partial charge in [-0.15, -0.1) is 11.3 Å². The van der Waals surface area contributed by atoms with Gasteiger partial charge < -0.3 is 10.1 Å². The van der Waals surface area contributed by atoms with E-state index in [4.69, 9.17) is 5.11 Å². The lowest BCUT2D eigenvalue weighted by Crippen LogP contribution is -2.25. The molecule has 17 heavy (non-hydrogen) atoms. The zero-order chi connectivity index (χ0) is 12.1. The number of aromatic nitrogens is 2. The van der Waals surface area contributed by atoms with Crippen molar-refractivity contribution in [1.29, 1.82) is 0 Å². The molecule has 0 spiro atoms. The highest BCUT2D eigenvalue weighted by Crippen LogP contribution is 2.13.